The van der Waals surface area contributed by atoms with Crippen molar-refractivity contribution in [3.05, 3.63) is 18.1 Å². The zero-order chi connectivity index (χ0) is 12.8. The monoisotopic (exact) mass is 250 g/mol. The first-order valence-corrected chi connectivity index (χ1v) is 6.15. The first kappa shape index (κ1) is 12.8. The summed E-state index contributed by atoms with van der Waals surface area (Å²) in [6.07, 6.45) is 5.58. The van der Waals surface area contributed by atoms with Gasteiger partial charge in [0.25, 0.3) is 5.91 Å². The lowest BCUT2D eigenvalue weighted by molar-refractivity contribution is 0.0932. The molecule has 1 aromatic rings. The molecule has 0 bridgehead atoms. The van der Waals surface area contributed by atoms with Crippen LogP contribution >= 0.6 is 0 Å². The van der Waals surface area contributed by atoms with Crippen LogP contribution in [0.3, 0.4) is 0 Å². The molecule has 0 unspecified atom stereocenters. The number of ether oxygens (including phenoxy) is 1. The number of methoxy groups -OCH3 is 1. The van der Waals surface area contributed by atoms with E-state index >= 15 is 0 Å². The molecule has 1 amide bonds. The van der Waals surface area contributed by atoms with Crippen molar-refractivity contribution in [3.63, 3.8) is 0 Å². The van der Waals surface area contributed by atoms with Crippen molar-refractivity contribution >= 4 is 11.7 Å². The van der Waals surface area contributed by atoms with Gasteiger partial charge in [-0.1, -0.05) is 0 Å². The lowest BCUT2D eigenvalue weighted by Crippen LogP contribution is -2.28. The average Bonchev–Trinajstić information content (AvgIpc) is 2.93. The highest BCUT2D eigenvalue weighted by Gasteiger charge is 2.14. The quantitative estimate of drug-likeness (QED) is 0.769. The molecule has 0 spiro atoms. The minimum atomic E-state index is -0.215. The molecule has 1 N–H and O–H groups in total. The number of carbonyl (C=O) groups excluding carboxylic acids is 1. The van der Waals surface area contributed by atoms with E-state index < -0.39 is 0 Å². The summed E-state index contributed by atoms with van der Waals surface area (Å²) in [7, 11) is 1.59. The summed E-state index contributed by atoms with van der Waals surface area (Å²) in [6.45, 7) is 3.01. The molecule has 0 atom stereocenters. The van der Waals surface area contributed by atoms with Gasteiger partial charge in [-0.15, -0.1) is 0 Å². The van der Waals surface area contributed by atoms with Crippen molar-refractivity contribution < 1.29 is 9.53 Å². The smallest absolute Gasteiger partial charge is 0.271 e. The zero-order valence-electron chi connectivity index (χ0n) is 10.6. The maximum atomic E-state index is 11.7. The van der Waals surface area contributed by atoms with Crippen LogP contribution < -0.4 is 10.2 Å². The zero-order valence-corrected chi connectivity index (χ0v) is 10.6. The second-order valence-electron chi connectivity index (χ2n) is 4.20. The van der Waals surface area contributed by atoms with Crippen molar-refractivity contribution in [2.24, 2.45) is 0 Å². The van der Waals surface area contributed by atoms with E-state index in [1.165, 1.54) is 19.0 Å². The fourth-order valence-corrected chi connectivity index (χ4v) is 1.91. The van der Waals surface area contributed by atoms with E-state index in [4.69, 9.17) is 4.74 Å². The van der Waals surface area contributed by atoms with Crippen molar-refractivity contribution in [3.8, 4) is 0 Å². The Bertz CT molecular complexity index is 388. The van der Waals surface area contributed by atoms with Gasteiger partial charge in [0.1, 0.15) is 11.5 Å². The van der Waals surface area contributed by atoms with Crippen LogP contribution in [0.2, 0.25) is 0 Å². The van der Waals surface area contributed by atoms with Gasteiger partial charge in [0.05, 0.1) is 19.0 Å². The first-order valence-electron chi connectivity index (χ1n) is 6.15. The average molecular weight is 250 g/mol. The molecule has 98 valence electrons. The third-order valence-corrected chi connectivity index (χ3v) is 2.89. The molecule has 2 rings (SSSR count). The van der Waals surface area contributed by atoms with Crippen LogP contribution in [0.4, 0.5) is 5.82 Å². The second-order valence-corrected chi connectivity index (χ2v) is 4.20. The molecule has 2 heterocycles. The summed E-state index contributed by atoms with van der Waals surface area (Å²) >= 11 is 0. The fraction of sp³-hybridized carbons (Fsp3) is 0.583. The SMILES string of the molecule is COCCNC(=O)c1cnc(N2CCCC2)cn1. The highest BCUT2D eigenvalue weighted by molar-refractivity contribution is 5.91. The van der Waals surface area contributed by atoms with E-state index in [2.05, 4.69) is 20.2 Å². The van der Waals surface area contributed by atoms with Gasteiger partial charge in [-0.05, 0) is 12.8 Å². The lowest BCUT2D eigenvalue weighted by atomic mass is 10.4. The van der Waals surface area contributed by atoms with Crippen LogP contribution in [0.5, 0.6) is 0 Å². The fourth-order valence-electron chi connectivity index (χ4n) is 1.91. The topological polar surface area (TPSA) is 67.3 Å². The Balaban J connectivity index is 1.92. The molecule has 0 saturated carbocycles. The number of aromatic nitrogens is 2. The molecule has 18 heavy (non-hydrogen) atoms. The molecule has 1 aliphatic heterocycles. The van der Waals surface area contributed by atoms with Gasteiger partial charge >= 0.3 is 0 Å². The van der Waals surface area contributed by atoms with Gasteiger partial charge in [-0.25, -0.2) is 9.97 Å². The van der Waals surface area contributed by atoms with Gasteiger partial charge in [0.2, 0.25) is 0 Å². The summed E-state index contributed by atoms with van der Waals surface area (Å²) < 4.78 is 4.86. The number of rotatable bonds is 5. The van der Waals surface area contributed by atoms with Gasteiger partial charge in [-0.2, -0.15) is 0 Å². The summed E-state index contributed by atoms with van der Waals surface area (Å²) in [5.41, 5.74) is 0.342. The van der Waals surface area contributed by atoms with E-state index in [1.807, 2.05) is 0 Å². The molecular weight excluding hydrogens is 232 g/mol. The molecule has 1 aromatic heterocycles. The van der Waals surface area contributed by atoms with Gasteiger partial charge in [0.15, 0.2) is 0 Å². The summed E-state index contributed by atoms with van der Waals surface area (Å²) in [4.78, 5) is 22.3. The van der Waals surface area contributed by atoms with E-state index in [-0.39, 0.29) is 5.91 Å². The first-order chi connectivity index (χ1) is 8.81. The van der Waals surface area contributed by atoms with Gasteiger partial charge in [0, 0.05) is 26.7 Å². The number of carbonyl (C=O) groups is 1. The molecule has 0 aromatic carbocycles. The Kier molecular flexibility index (Phi) is 4.46. The molecular formula is C12H18N4O2. The van der Waals surface area contributed by atoms with Gasteiger partial charge < -0.3 is 15.0 Å². The minimum Gasteiger partial charge on any atom is -0.383 e. The van der Waals surface area contributed by atoms with Crippen LogP contribution in [-0.4, -0.2) is 49.2 Å². The maximum absolute atomic E-state index is 11.7. The summed E-state index contributed by atoms with van der Waals surface area (Å²) in [6, 6.07) is 0. The summed E-state index contributed by atoms with van der Waals surface area (Å²) in [5, 5.41) is 2.71. The largest absolute Gasteiger partial charge is 0.383 e. The Labute approximate surface area is 106 Å². The Morgan fingerprint density at radius 3 is 2.78 bits per heavy atom. The van der Waals surface area contributed by atoms with Gasteiger partial charge in [-0.3, -0.25) is 4.79 Å². The Hall–Kier alpha value is -1.69. The molecule has 0 aliphatic carbocycles. The van der Waals surface area contributed by atoms with Crippen LogP contribution in [-0.2, 0) is 4.74 Å². The Morgan fingerprint density at radius 2 is 2.17 bits per heavy atom. The third-order valence-electron chi connectivity index (χ3n) is 2.89. The number of hydrogen-bond acceptors (Lipinski definition) is 5. The molecule has 1 saturated heterocycles. The normalized spacial score (nSPS) is 14.8. The van der Waals surface area contributed by atoms with E-state index in [0.29, 0.717) is 18.8 Å². The number of anilines is 1. The van der Waals surface area contributed by atoms with E-state index in [1.54, 1.807) is 13.3 Å². The number of nitrogens with one attached hydrogen (secondary N) is 1. The predicted octanol–water partition coefficient (Wildman–Crippen LogP) is 0.453. The third kappa shape index (κ3) is 3.16. The molecule has 0 radical (unpaired) electrons. The second kappa shape index (κ2) is 6.30. The highest BCUT2D eigenvalue weighted by atomic mass is 16.5. The van der Waals surface area contributed by atoms with Crippen LogP contribution in [0, 0.1) is 0 Å². The molecule has 6 heteroatoms. The van der Waals surface area contributed by atoms with Crippen LogP contribution in [0.1, 0.15) is 23.3 Å². The minimum absolute atomic E-state index is 0.215. The molecule has 1 aliphatic rings. The van der Waals surface area contributed by atoms with Crippen molar-refractivity contribution in [2.75, 3.05) is 38.3 Å². The van der Waals surface area contributed by atoms with E-state index in [9.17, 15) is 4.79 Å². The highest BCUT2D eigenvalue weighted by Crippen LogP contribution is 2.15. The number of nitrogens with zero attached hydrogens (tertiary/aromatic N) is 3. The van der Waals surface area contributed by atoms with Crippen molar-refractivity contribution in [1.29, 1.82) is 0 Å². The molecule has 1 fully saturated rings. The number of hydrogen-bond donors (Lipinski definition) is 1. The maximum Gasteiger partial charge on any atom is 0.271 e. The van der Waals surface area contributed by atoms with Crippen molar-refractivity contribution in [2.45, 2.75) is 12.8 Å². The lowest BCUT2D eigenvalue weighted by Gasteiger charge is -2.15. The Morgan fingerprint density at radius 1 is 1.39 bits per heavy atom. The molecule has 6 nitrogen and oxygen atoms in total. The predicted molar refractivity (Wildman–Crippen MR) is 67.7 cm³/mol. The standard InChI is InChI=1S/C12H18N4O2/c1-18-7-4-13-12(17)10-8-15-11(9-14-10)16-5-2-3-6-16/h8-9H,2-7H2,1H3,(H,13,17). The van der Waals surface area contributed by atoms with E-state index in [0.717, 1.165) is 18.9 Å². The summed E-state index contributed by atoms with van der Waals surface area (Å²) in [5.74, 6) is 0.633. The van der Waals surface area contributed by atoms with Crippen LogP contribution in [0.15, 0.2) is 12.4 Å². The van der Waals surface area contributed by atoms with Crippen molar-refractivity contribution in [1.82, 2.24) is 15.3 Å². The van der Waals surface area contributed by atoms with Crippen LogP contribution in [0.25, 0.3) is 0 Å². The number of amides is 1.